The van der Waals surface area contributed by atoms with Crippen molar-refractivity contribution in [2.45, 2.75) is 0 Å². The van der Waals surface area contributed by atoms with Gasteiger partial charge in [-0.1, -0.05) is 0 Å². The average molecular weight is 446 g/mol. The van der Waals surface area contributed by atoms with Crippen LogP contribution in [0.4, 0.5) is 4.79 Å². The minimum absolute atomic E-state index is 0.296. The molecule has 5 rings (SSSR count). The van der Waals surface area contributed by atoms with Gasteiger partial charge in [0.2, 0.25) is 0 Å². The molecule has 168 valence electrons. The summed E-state index contributed by atoms with van der Waals surface area (Å²) in [5, 5.41) is 5.33. The Labute approximate surface area is 189 Å². The van der Waals surface area contributed by atoms with Gasteiger partial charge in [0.15, 0.2) is 11.5 Å². The molecule has 1 fully saturated rings. The number of morpholine rings is 1. The molecule has 1 aliphatic rings. The van der Waals surface area contributed by atoms with E-state index in [1.807, 2.05) is 25.4 Å². The summed E-state index contributed by atoms with van der Waals surface area (Å²) in [4.78, 5) is 27.5. The SMILES string of the molecule is COc1cc2ncnc(-c3cn(C)nc3-c3cccnc3)c2cc1OC(=O)N1CCOCC1. The summed E-state index contributed by atoms with van der Waals surface area (Å²) in [5.74, 6) is 0.705. The number of amides is 1. The number of hydrogen-bond donors (Lipinski definition) is 0. The van der Waals surface area contributed by atoms with E-state index < -0.39 is 6.09 Å². The Morgan fingerprint density at radius 1 is 1.12 bits per heavy atom. The molecule has 1 aliphatic heterocycles. The first-order chi connectivity index (χ1) is 16.1. The molecule has 1 aromatic carbocycles. The Morgan fingerprint density at radius 2 is 1.97 bits per heavy atom. The van der Waals surface area contributed by atoms with Gasteiger partial charge in [-0.3, -0.25) is 9.67 Å². The van der Waals surface area contributed by atoms with Crippen LogP contribution in [0, 0.1) is 0 Å². The molecule has 1 amide bonds. The van der Waals surface area contributed by atoms with Crippen LogP contribution >= 0.6 is 0 Å². The Hall–Kier alpha value is -4.05. The van der Waals surface area contributed by atoms with Crippen molar-refractivity contribution in [2.24, 2.45) is 7.05 Å². The van der Waals surface area contributed by atoms with E-state index in [0.717, 1.165) is 16.8 Å². The smallest absolute Gasteiger partial charge is 0.415 e. The number of carbonyl (C=O) groups excluding carboxylic acids is 1. The summed E-state index contributed by atoms with van der Waals surface area (Å²) < 4.78 is 18.2. The molecule has 0 unspecified atom stereocenters. The highest BCUT2D eigenvalue weighted by Crippen LogP contribution is 2.38. The van der Waals surface area contributed by atoms with E-state index in [4.69, 9.17) is 14.2 Å². The number of hydrogen-bond acceptors (Lipinski definition) is 8. The predicted octanol–water partition coefficient (Wildman–Crippen LogP) is 2.93. The van der Waals surface area contributed by atoms with Crippen molar-refractivity contribution in [3.05, 3.63) is 49.2 Å². The number of methoxy groups -OCH3 is 1. The highest BCUT2D eigenvalue weighted by atomic mass is 16.6. The summed E-state index contributed by atoms with van der Waals surface area (Å²) in [5.41, 5.74) is 3.75. The van der Waals surface area contributed by atoms with Gasteiger partial charge < -0.3 is 19.1 Å². The number of pyridine rings is 1. The number of carbonyl (C=O) groups is 1. The van der Waals surface area contributed by atoms with E-state index in [-0.39, 0.29) is 0 Å². The lowest BCUT2D eigenvalue weighted by Gasteiger charge is -2.26. The van der Waals surface area contributed by atoms with E-state index in [9.17, 15) is 4.79 Å². The Morgan fingerprint density at radius 3 is 2.73 bits per heavy atom. The van der Waals surface area contributed by atoms with Gasteiger partial charge in [0, 0.05) is 61.3 Å². The summed E-state index contributed by atoms with van der Waals surface area (Å²) in [7, 11) is 3.38. The zero-order valence-corrected chi connectivity index (χ0v) is 18.3. The lowest BCUT2D eigenvalue weighted by atomic mass is 10.0. The Bertz CT molecular complexity index is 1300. The van der Waals surface area contributed by atoms with E-state index in [2.05, 4.69) is 20.1 Å². The lowest BCUT2D eigenvalue weighted by Crippen LogP contribution is -2.42. The molecule has 33 heavy (non-hydrogen) atoms. The molecular weight excluding hydrogens is 424 g/mol. The largest absolute Gasteiger partial charge is 0.493 e. The normalized spacial score (nSPS) is 13.8. The average Bonchev–Trinajstić information content (AvgIpc) is 3.25. The maximum atomic E-state index is 12.7. The molecule has 1 saturated heterocycles. The first-order valence-corrected chi connectivity index (χ1v) is 10.5. The fraction of sp³-hybridized carbons (Fsp3) is 0.261. The first-order valence-electron chi connectivity index (χ1n) is 10.5. The molecule has 4 heterocycles. The van der Waals surface area contributed by atoms with Crippen molar-refractivity contribution in [1.82, 2.24) is 29.6 Å². The van der Waals surface area contributed by atoms with Gasteiger partial charge in [-0.25, -0.2) is 14.8 Å². The van der Waals surface area contributed by atoms with Crippen molar-refractivity contribution in [2.75, 3.05) is 33.4 Å². The molecule has 0 bridgehead atoms. The second-order valence-corrected chi connectivity index (χ2v) is 7.52. The summed E-state index contributed by atoms with van der Waals surface area (Å²) in [6, 6.07) is 7.28. The van der Waals surface area contributed by atoms with E-state index >= 15 is 0 Å². The van der Waals surface area contributed by atoms with Gasteiger partial charge in [-0.05, 0) is 18.2 Å². The molecule has 0 atom stereocenters. The predicted molar refractivity (Wildman–Crippen MR) is 120 cm³/mol. The lowest BCUT2D eigenvalue weighted by molar-refractivity contribution is 0.0413. The quantitative estimate of drug-likeness (QED) is 0.471. The number of nitrogens with zero attached hydrogens (tertiary/aromatic N) is 6. The van der Waals surface area contributed by atoms with E-state index in [1.165, 1.54) is 13.4 Å². The van der Waals surface area contributed by atoms with Crippen LogP contribution in [0.5, 0.6) is 11.5 Å². The number of rotatable bonds is 4. The molecule has 10 heteroatoms. The van der Waals surface area contributed by atoms with Gasteiger partial charge in [-0.2, -0.15) is 5.10 Å². The maximum Gasteiger partial charge on any atom is 0.415 e. The van der Waals surface area contributed by atoms with Crippen molar-refractivity contribution >= 4 is 17.0 Å². The topological polar surface area (TPSA) is 104 Å². The molecule has 0 spiro atoms. The van der Waals surface area contributed by atoms with Crippen molar-refractivity contribution in [3.63, 3.8) is 0 Å². The minimum atomic E-state index is -0.452. The van der Waals surface area contributed by atoms with Crippen molar-refractivity contribution < 1.29 is 19.0 Å². The third-order valence-corrected chi connectivity index (χ3v) is 5.41. The van der Waals surface area contributed by atoms with Crippen LogP contribution in [0.3, 0.4) is 0 Å². The van der Waals surface area contributed by atoms with Gasteiger partial charge in [0.1, 0.15) is 12.0 Å². The maximum absolute atomic E-state index is 12.7. The number of fused-ring (bicyclic) bond motifs is 1. The van der Waals surface area contributed by atoms with Crippen LogP contribution < -0.4 is 9.47 Å². The number of aryl methyl sites for hydroxylation is 1. The second kappa shape index (κ2) is 8.83. The van der Waals surface area contributed by atoms with E-state index in [1.54, 1.807) is 34.1 Å². The standard InChI is InChI=1S/C23H22N6O4/c1-28-13-17(21(27-28)15-4-3-5-24-12-15)22-16-10-20(19(31-2)11-18(16)25-14-26-22)33-23(30)29-6-8-32-9-7-29/h3-5,10-14H,6-9H2,1-2H3. The zero-order chi connectivity index (χ0) is 22.8. The fourth-order valence-electron chi connectivity index (χ4n) is 3.80. The first kappa shape index (κ1) is 20.8. The molecule has 10 nitrogen and oxygen atoms in total. The van der Waals surface area contributed by atoms with Crippen LogP contribution in [-0.2, 0) is 11.8 Å². The van der Waals surface area contributed by atoms with Crippen LogP contribution in [0.15, 0.2) is 49.2 Å². The number of ether oxygens (including phenoxy) is 3. The molecule has 4 aromatic rings. The van der Waals surface area contributed by atoms with Crippen molar-refractivity contribution in [1.29, 1.82) is 0 Å². The van der Waals surface area contributed by atoms with Gasteiger partial charge in [0.25, 0.3) is 0 Å². The molecule has 0 saturated carbocycles. The van der Waals surface area contributed by atoms with Crippen LogP contribution in [0.25, 0.3) is 33.4 Å². The zero-order valence-electron chi connectivity index (χ0n) is 18.3. The van der Waals surface area contributed by atoms with E-state index in [0.29, 0.717) is 54.4 Å². The van der Waals surface area contributed by atoms with Crippen LogP contribution in [0.1, 0.15) is 0 Å². The van der Waals surface area contributed by atoms with Crippen LogP contribution in [-0.4, -0.2) is 69.1 Å². The molecule has 0 N–H and O–H groups in total. The van der Waals surface area contributed by atoms with Gasteiger partial charge in [0.05, 0.1) is 31.5 Å². The highest BCUT2D eigenvalue weighted by Gasteiger charge is 2.23. The minimum Gasteiger partial charge on any atom is -0.493 e. The Balaban J connectivity index is 1.60. The third-order valence-electron chi connectivity index (χ3n) is 5.41. The monoisotopic (exact) mass is 446 g/mol. The third kappa shape index (κ3) is 4.08. The molecule has 3 aromatic heterocycles. The Kier molecular flexibility index (Phi) is 5.57. The summed E-state index contributed by atoms with van der Waals surface area (Å²) in [6.07, 6.45) is 6.41. The highest BCUT2D eigenvalue weighted by molar-refractivity contribution is 5.97. The number of aromatic nitrogens is 5. The van der Waals surface area contributed by atoms with Gasteiger partial charge >= 0.3 is 6.09 Å². The number of benzene rings is 1. The second-order valence-electron chi connectivity index (χ2n) is 7.52. The van der Waals surface area contributed by atoms with Crippen molar-refractivity contribution in [3.8, 4) is 34.0 Å². The molecular formula is C23H22N6O4. The summed E-state index contributed by atoms with van der Waals surface area (Å²) in [6.45, 7) is 1.93. The van der Waals surface area contributed by atoms with Gasteiger partial charge in [-0.15, -0.1) is 0 Å². The van der Waals surface area contributed by atoms with Crippen LogP contribution in [0.2, 0.25) is 0 Å². The molecule has 0 aliphatic carbocycles. The summed E-state index contributed by atoms with van der Waals surface area (Å²) >= 11 is 0. The molecule has 0 radical (unpaired) electrons. The fourth-order valence-corrected chi connectivity index (χ4v) is 3.80.